The lowest BCUT2D eigenvalue weighted by Gasteiger charge is -2.32. The van der Waals surface area contributed by atoms with E-state index in [4.69, 9.17) is 4.74 Å². The van der Waals surface area contributed by atoms with Gasteiger partial charge >= 0.3 is 0 Å². The van der Waals surface area contributed by atoms with E-state index in [1.165, 1.54) is 0 Å². The molecule has 1 N–H and O–H groups in total. The second-order valence-electron chi connectivity index (χ2n) is 7.73. The standard InChI is InChI=1S/C23H24N4O2/c1-26-20-8-3-9-22(29-2)16(20)12-21(26)23(28)27-11-5-6-15(14-27)18-13-19-17(25-18)7-4-10-24-19/h3-4,7-10,12-13,15,25H,5-6,11,14H2,1-2H3/t15-/m1/s1. The molecule has 1 saturated heterocycles. The molecule has 148 valence electrons. The molecule has 0 bridgehead atoms. The number of rotatable bonds is 3. The van der Waals surface area contributed by atoms with Gasteiger partial charge in [0.1, 0.15) is 11.4 Å². The van der Waals surface area contributed by atoms with Gasteiger partial charge in [0.05, 0.1) is 23.7 Å². The third-order valence-corrected chi connectivity index (χ3v) is 6.04. The Morgan fingerprint density at radius 3 is 2.97 bits per heavy atom. The Labute approximate surface area is 169 Å². The van der Waals surface area contributed by atoms with Crippen molar-refractivity contribution in [2.24, 2.45) is 7.05 Å². The Morgan fingerprint density at radius 2 is 2.14 bits per heavy atom. The van der Waals surface area contributed by atoms with Crippen LogP contribution in [0.1, 0.15) is 34.9 Å². The number of carbonyl (C=O) groups is 1. The first-order chi connectivity index (χ1) is 14.2. The Kier molecular flexibility index (Phi) is 4.27. The van der Waals surface area contributed by atoms with Crippen molar-refractivity contribution in [1.82, 2.24) is 19.4 Å². The van der Waals surface area contributed by atoms with Crippen LogP contribution in [-0.4, -0.2) is 45.5 Å². The lowest BCUT2D eigenvalue weighted by Crippen LogP contribution is -2.39. The van der Waals surface area contributed by atoms with Crippen LogP contribution in [0.4, 0.5) is 0 Å². The summed E-state index contributed by atoms with van der Waals surface area (Å²) in [6.45, 7) is 1.50. The number of nitrogens with zero attached hydrogens (tertiary/aromatic N) is 3. The van der Waals surface area contributed by atoms with Gasteiger partial charge in [-0.25, -0.2) is 0 Å². The van der Waals surface area contributed by atoms with Crippen LogP contribution < -0.4 is 4.74 Å². The number of benzene rings is 1. The number of amides is 1. The average Bonchev–Trinajstić information content (AvgIpc) is 3.35. The van der Waals surface area contributed by atoms with Crippen LogP contribution in [0, 0.1) is 0 Å². The van der Waals surface area contributed by atoms with Crippen molar-refractivity contribution in [2.75, 3.05) is 20.2 Å². The Morgan fingerprint density at radius 1 is 1.24 bits per heavy atom. The number of aryl methyl sites for hydroxylation is 1. The molecule has 6 nitrogen and oxygen atoms in total. The molecule has 29 heavy (non-hydrogen) atoms. The molecule has 0 spiro atoms. The zero-order valence-corrected chi connectivity index (χ0v) is 16.7. The van der Waals surface area contributed by atoms with Crippen molar-refractivity contribution >= 4 is 27.8 Å². The first-order valence-corrected chi connectivity index (χ1v) is 10.0. The van der Waals surface area contributed by atoms with E-state index >= 15 is 0 Å². The normalized spacial score (nSPS) is 17.2. The molecule has 0 aliphatic carbocycles. The van der Waals surface area contributed by atoms with E-state index in [2.05, 4.69) is 16.0 Å². The number of pyridine rings is 1. The minimum absolute atomic E-state index is 0.0738. The van der Waals surface area contributed by atoms with Gasteiger partial charge in [0.25, 0.3) is 5.91 Å². The predicted molar refractivity (Wildman–Crippen MR) is 113 cm³/mol. The van der Waals surface area contributed by atoms with Crippen LogP contribution in [0.25, 0.3) is 21.9 Å². The number of hydrogen-bond acceptors (Lipinski definition) is 3. The summed E-state index contributed by atoms with van der Waals surface area (Å²) < 4.78 is 7.45. The smallest absolute Gasteiger partial charge is 0.270 e. The maximum atomic E-state index is 13.4. The molecule has 0 unspecified atom stereocenters. The Hall–Kier alpha value is -3.28. The first-order valence-electron chi connectivity index (χ1n) is 10.0. The Balaban J connectivity index is 1.44. The summed E-state index contributed by atoms with van der Waals surface area (Å²) in [5.74, 6) is 1.16. The van der Waals surface area contributed by atoms with Gasteiger partial charge in [-0.1, -0.05) is 6.07 Å². The highest BCUT2D eigenvalue weighted by Gasteiger charge is 2.28. The molecule has 1 atom stereocenters. The number of ether oxygens (including phenoxy) is 1. The van der Waals surface area contributed by atoms with E-state index in [1.54, 1.807) is 7.11 Å². The number of fused-ring (bicyclic) bond motifs is 2. The summed E-state index contributed by atoms with van der Waals surface area (Å²) in [6.07, 6.45) is 3.87. The fourth-order valence-electron chi connectivity index (χ4n) is 4.49. The number of carbonyl (C=O) groups excluding carboxylic acids is 1. The summed E-state index contributed by atoms with van der Waals surface area (Å²) in [4.78, 5) is 23.3. The molecular weight excluding hydrogens is 364 g/mol. The number of piperidine rings is 1. The molecule has 4 aromatic rings. The Bertz CT molecular complexity index is 1170. The number of aromatic amines is 1. The highest BCUT2D eigenvalue weighted by Crippen LogP contribution is 2.31. The fourth-order valence-corrected chi connectivity index (χ4v) is 4.49. The maximum absolute atomic E-state index is 13.4. The summed E-state index contributed by atoms with van der Waals surface area (Å²) in [5, 5.41) is 0.969. The third kappa shape index (κ3) is 2.95. The molecule has 1 fully saturated rings. The number of hydrogen-bond donors (Lipinski definition) is 1. The molecule has 3 aromatic heterocycles. The van der Waals surface area contributed by atoms with Gasteiger partial charge in [-0.05, 0) is 49.2 Å². The van der Waals surface area contributed by atoms with Crippen molar-refractivity contribution in [1.29, 1.82) is 0 Å². The maximum Gasteiger partial charge on any atom is 0.270 e. The first kappa shape index (κ1) is 17.8. The summed E-state index contributed by atoms with van der Waals surface area (Å²) in [6, 6.07) is 14.0. The van der Waals surface area contributed by atoms with E-state index in [9.17, 15) is 4.79 Å². The van der Waals surface area contributed by atoms with Crippen molar-refractivity contribution in [2.45, 2.75) is 18.8 Å². The summed E-state index contributed by atoms with van der Waals surface area (Å²) >= 11 is 0. The van der Waals surface area contributed by atoms with Crippen LogP contribution in [0.15, 0.2) is 48.7 Å². The van der Waals surface area contributed by atoms with Crippen molar-refractivity contribution < 1.29 is 9.53 Å². The molecule has 1 amide bonds. The van der Waals surface area contributed by atoms with Gasteiger partial charge in [-0.2, -0.15) is 0 Å². The number of aromatic nitrogens is 3. The van der Waals surface area contributed by atoms with E-state index in [1.807, 2.05) is 59.1 Å². The lowest BCUT2D eigenvalue weighted by atomic mass is 9.94. The molecule has 0 radical (unpaired) electrons. The van der Waals surface area contributed by atoms with Crippen molar-refractivity contribution in [3.05, 3.63) is 60.0 Å². The van der Waals surface area contributed by atoms with Gasteiger partial charge in [0, 0.05) is 43.3 Å². The van der Waals surface area contributed by atoms with Crippen molar-refractivity contribution in [3.63, 3.8) is 0 Å². The van der Waals surface area contributed by atoms with Gasteiger partial charge in [0.2, 0.25) is 0 Å². The van der Waals surface area contributed by atoms with Crippen LogP contribution in [0.3, 0.4) is 0 Å². The van der Waals surface area contributed by atoms with Crippen LogP contribution in [0.2, 0.25) is 0 Å². The van der Waals surface area contributed by atoms with Crippen LogP contribution in [-0.2, 0) is 7.05 Å². The van der Waals surface area contributed by atoms with Gasteiger partial charge in [-0.15, -0.1) is 0 Å². The van der Waals surface area contributed by atoms with Crippen LogP contribution in [0.5, 0.6) is 5.75 Å². The van der Waals surface area contributed by atoms with Gasteiger partial charge in [-0.3, -0.25) is 9.78 Å². The molecule has 1 aromatic carbocycles. The fraction of sp³-hybridized carbons (Fsp3) is 0.304. The number of H-pyrrole nitrogens is 1. The highest BCUT2D eigenvalue weighted by atomic mass is 16.5. The largest absolute Gasteiger partial charge is 0.496 e. The highest BCUT2D eigenvalue weighted by molar-refractivity contribution is 6.00. The second-order valence-corrected chi connectivity index (χ2v) is 7.73. The molecule has 0 saturated carbocycles. The topological polar surface area (TPSA) is 63.1 Å². The summed E-state index contributed by atoms with van der Waals surface area (Å²) in [5.41, 5.74) is 4.89. The lowest BCUT2D eigenvalue weighted by molar-refractivity contribution is 0.0697. The monoisotopic (exact) mass is 388 g/mol. The predicted octanol–water partition coefficient (Wildman–Crippen LogP) is 4.08. The zero-order valence-electron chi connectivity index (χ0n) is 16.7. The molecule has 1 aliphatic heterocycles. The number of methoxy groups -OCH3 is 1. The van der Waals surface area contributed by atoms with Gasteiger partial charge in [0.15, 0.2) is 0 Å². The molecule has 1 aliphatic rings. The van der Waals surface area contributed by atoms with E-state index in [0.29, 0.717) is 18.2 Å². The SMILES string of the molecule is COc1cccc2c1cc(C(=O)N1CCC[C@@H](c3cc4ncccc4[nH]3)C1)n2C. The third-order valence-electron chi connectivity index (χ3n) is 6.04. The molecule has 4 heterocycles. The molecule has 5 rings (SSSR count). The van der Waals surface area contributed by atoms with E-state index in [-0.39, 0.29) is 5.91 Å². The second kappa shape index (κ2) is 6.95. The number of nitrogens with one attached hydrogen (secondary N) is 1. The summed E-state index contributed by atoms with van der Waals surface area (Å²) in [7, 11) is 3.60. The van der Waals surface area contributed by atoms with E-state index in [0.717, 1.165) is 52.8 Å². The minimum atomic E-state index is 0.0738. The quantitative estimate of drug-likeness (QED) is 0.575. The zero-order chi connectivity index (χ0) is 20.0. The molecular formula is C23H24N4O2. The minimum Gasteiger partial charge on any atom is -0.496 e. The van der Waals surface area contributed by atoms with Gasteiger partial charge < -0.3 is 19.2 Å². The average molecular weight is 388 g/mol. The van der Waals surface area contributed by atoms with Crippen LogP contribution >= 0.6 is 0 Å². The van der Waals surface area contributed by atoms with Crippen molar-refractivity contribution in [3.8, 4) is 5.75 Å². The number of likely N-dealkylation sites (tertiary alicyclic amines) is 1. The van der Waals surface area contributed by atoms with E-state index < -0.39 is 0 Å². The molecule has 6 heteroatoms.